The Hall–Kier alpha value is -3.16. The van der Waals surface area contributed by atoms with Crippen molar-refractivity contribution in [2.24, 2.45) is 0 Å². The SMILES string of the molecule is CCCCCOC(=O)C1=C(C)NC(C)=C(C(=O)NC(C)C)C1c1ccccc1[N+](=O)[O-]. The Morgan fingerprint density at radius 1 is 1.16 bits per heavy atom. The zero-order chi connectivity index (χ0) is 23.1. The van der Waals surface area contributed by atoms with Gasteiger partial charge in [-0.3, -0.25) is 14.9 Å². The summed E-state index contributed by atoms with van der Waals surface area (Å²) in [5.74, 6) is -1.88. The maximum Gasteiger partial charge on any atom is 0.336 e. The molecule has 0 fully saturated rings. The maximum absolute atomic E-state index is 13.1. The van der Waals surface area contributed by atoms with E-state index in [1.54, 1.807) is 32.0 Å². The molecule has 1 atom stereocenters. The van der Waals surface area contributed by atoms with Crippen LogP contribution >= 0.6 is 0 Å². The largest absolute Gasteiger partial charge is 0.462 e. The van der Waals surface area contributed by atoms with Crippen LogP contribution in [0.3, 0.4) is 0 Å². The summed E-state index contributed by atoms with van der Waals surface area (Å²) < 4.78 is 5.49. The molecule has 8 heteroatoms. The van der Waals surface area contributed by atoms with Gasteiger partial charge >= 0.3 is 5.97 Å². The first-order valence-corrected chi connectivity index (χ1v) is 10.6. The van der Waals surface area contributed by atoms with Crippen LogP contribution in [0.1, 0.15) is 65.4 Å². The molecule has 0 saturated carbocycles. The molecular weight excluding hydrogens is 398 g/mol. The lowest BCUT2D eigenvalue weighted by Gasteiger charge is -2.31. The van der Waals surface area contributed by atoms with Crippen LogP contribution in [0.4, 0.5) is 5.69 Å². The fourth-order valence-electron chi connectivity index (χ4n) is 3.71. The summed E-state index contributed by atoms with van der Waals surface area (Å²) in [5.41, 5.74) is 1.67. The number of rotatable bonds is 9. The van der Waals surface area contributed by atoms with Gasteiger partial charge in [-0.15, -0.1) is 0 Å². The van der Waals surface area contributed by atoms with Crippen molar-refractivity contribution in [3.8, 4) is 0 Å². The first-order valence-electron chi connectivity index (χ1n) is 10.6. The van der Waals surface area contributed by atoms with Gasteiger partial charge in [-0.1, -0.05) is 38.0 Å². The number of benzene rings is 1. The molecule has 8 nitrogen and oxygen atoms in total. The number of nitro groups is 1. The van der Waals surface area contributed by atoms with Gasteiger partial charge in [-0.25, -0.2) is 4.79 Å². The Morgan fingerprint density at radius 2 is 1.81 bits per heavy atom. The Labute approximate surface area is 182 Å². The van der Waals surface area contributed by atoms with E-state index in [4.69, 9.17) is 4.74 Å². The summed E-state index contributed by atoms with van der Waals surface area (Å²) in [4.78, 5) is 37.4. The molecule has 1 aromatic rings. The normalized spacial score (nSPS) is 16.3. The molecule has 1 aromatic carbocycles. The molecule has 31 heavy (non-hydrogen) atoms. The van der Waals surface area contributed by atoms with Gasteiger partial charge in [0.15, 0.2) is 0 Å². The number of esters is 1. The highest BCUT2D eigenvalue weighted by Gasteiger charge is 2.40. The number of dihydropyridines is 1. The van der Waals surface area contributed by atoms with Gasteiger partial charge in [0.25, 0.3) is 5.69 Å². The van der Waals surface area contributed by atoms with E-state index in [9.17, 15) is 19.7 Å². The van der Waals surface area contributed by atoms with Crippen molar-refractivity contribution >= 4 is 17.6 Å². The Kier molecular flexibility index (Phi) is 8.36. The average molecular weight is 430 g/mol. The zero-order valence-corrected chi connectivity index (χ0v) is 18.8. The molecule has 1 amide bonds. The van der Waals surface area contributed by atoms with Crippen molar-refractivity contribution < 1.29 is 19.2 Å². The van der Waals surface area contributed by atoms with E-state index in [0.717, 1.165) is 19.3 Å². The number of nitro benzene ring substituents is 1. The smallest absolute Gasteiger partial charge is 0.336 e. The number of allylic oxidation sites excluding steroid dienone is 2. The highest BCUT2D eigenvalue weighted by molar-refractivity contribution is 6.02. The van der Waals surface area contributed by atoms with Crippen LogP contribution in [0, 0.1) is 10.1 Å². The Morgan fingerprint density at radius 3 is 2.42 bits per heavy atom. The van der Waals surface area contributed by atoms with E-state index in [0.29, 0.717) is 11.4 Å². The minimum absolute atomic E-state index is 0.143. The lowest BCUT2D eigenvalue weighted by atomic mass is 9.79. The predicted octanol–water partition coefficient (Wildman–Crippen LogP) is 4.09. The van der Waals surface area contributed by atoms with Crippen molar-refractivity contribution in [1.29, 1.82) is 0 Å². The van der Waals surface area contributed by atoms with Gasteiger partial charge in [-0.05, 0) is 34.1 Å². The minimum atomic E-state index is -0.916. The number of nitrogens with zero attached hydrogens (tertiary/aromatic N) is 1. The lowest BCUT2D eigenvalue weighted by molar-refractivity contribution is -0.385. The number of nitrogens with one attached hydrogen (secondary N) is 2. The first-order chi connectivity index (χ1) is 14.7. The quantitative estimate of drug-likeness (QED) is 0.265. The number of para-hydroxylation sites is 1. The number of carbonyl (C=O) groups is 2. The molecule has 1 heterocycles. The molecule has 0 saturated heterocycles. The maximum atomic E-state index is 13.1. The van der Waals surface area contributed by atoms with Gasteiger partial charge in [0, 0.05) is 34.6 Å². The molecule has 1 aliphatic heterocycles. The van der Waals surface area contributed by atoms with Crippen LogP contribution < -0.4 is 10.6 Å². The molecule has 0 aromatic heterocycles. The van der Waals surface area contributed by atoms with Crippen molar-refractivity contribution in [2.75, 3.05) is 6.61 Å². The van der Waals surface area contributed by atoms with E-state index >= 15 is 0 Å². The standard InChI is InChI=1S/C23H31N3O5/c1-6-7-10-13-31-23(28)20-16(5)25-15(4)19(22(27)24-14(2)3)21(20)17-11-8-9-12-18(17)26(29)30/h8-9,11-12,14,21,25H,6-7,10,13H2,1-5H3,(H,24,27). The van der Waals surface area contributed by atoms with Gasteiger partial charge in [0.2, 0.25) is 5.91 Å². The van der Waals surface area contributed by atoms with E-state index in [2.05, 4.69) is 17.6 Å². The van der Waals surface area contributed by atoms with Crippen molar-refractivity contribution in [3.63, 3.8) is 0 Å². The summed E-state index contributed by atoms with van der Waals surface area (Å²) in [5, 5.41) is 17.7. The molecule has 2 N–H and O–H groups in total. The van der Waals surface area contributed by atoms with Gasteiger partial charge < -0.3 is 15.4 Å². The third-order valence-electron chi connectivity index (χ3n) is 5.07. The molecule has 0 bridgehead atoms. The number of unbranched alkanes of at least 4 members (excludes halogenated alkanes) is 2. The molecule has 0 aliphatic carbocycles. The van der Waals surface area contributed by atoms with Crippen LogP contribution in [-0.4, -0.2) is 29.4 Å². The van der Waals surface area contributed by atoms with Gasteiger partial charge in [0.1, 0.15) is 0 Å². The Balaban J connectivity index is 2.60. The fraction of sp³-hybridized carbons (Fsp3) is 0.478. The van der Waals surface area contributed by atoms with Crippen molar-refractivity contribution in [2.45, 2.75) is 65.8 Å². The number of carbonyl (C=O) groups excluding carboxylic acids is 2. The molecule has 0 spiro atoms. The molecule has 168 valence electrons. The van der Waals surface area contributed by atoms with Crippen LogP contribution in [0.25, 0.3) is 0 Å². The molecule has 2 rings (SSSR count). The fourth-order valence-corrected chi connectivity index (χ4v) is 3.71. The second-order valence-corrected chi connectivity index (χ2v) is 7.92. The van der Waals surface area contributed by atoms with E-state index in [1.807, 2.05) is 13.8 Å². The summed E-state index contributed by atoms with van der Waals surface area (Å²) in [6.45, 7) is 9.40. The summed E-state index contributed by atoms with van der Waals surface area (Å²) in [6.07, 6.45) is 2.65. The predicted molar refractivity (Wildman–Crippen MR) is 118 cm³/mol. The second-order valence-electron chi connectivity index (χ2n) is 7.92. The van der Waals surface area contributed by atoms with E-state index in [-0.39, 0.29) is 41.0 Å². The number of amides is 1. The van der Waals surface area contributed by atoms with Crippen LogP contribution in [-0.2, 0) is 14.3 Å². The molecule has 1 unspecified atom stereocenters. The van der Waals surface area contributed by atoms with Gasteiger partial charge in [0.05, 0.1) is 23.0 Å². The molecule has 0 radical (unpaired) electrons. The van der Waals surface area contributed by atoms with Crippen LogP contribution in [0.5, 0.6) is 0 Å². The topological polar surface area (TPSA) is 111 Å². The van der Waals surface area contributed by atoms with Crippen LogP contribution in [0.2, 0.25) is 0 Å². The molecule has 1 aliphatic rings. The van der Waals surface area contributed by atoms with Crippen molar-refractivity contribution in [3.05, 3.63) is 62.5 Å². The average Bonchev–Trinajstić information content (AvgIpc) is 2.69. The highest BCUT2D eigenvalue weighted by Crippen LogP contribution is 2.42. The Bertz CT molecular complexity index is 918. The lowest BCUT2D eigenvalue weighted by Crippen LogP contribution is -2.39. The second kappa shape index (κ2) is 10.7. The highest BCUT2D eigenvalue weighted by atomic mass is 16.6. The third kappa shape index (κ3) is 5.71. The zero-order valence-electron chi connectivity index (χ0n) is 18.8. The molecular formula is C23H31N3O5. The summed E-state index contributed by atoms with van der Waals surface area (Å²) in [7, 11) is 0. The van der Waals surface area contributed by atoms with E-state index < -0.39 is 16.8 Å². The van der Waals surface area contributed by atoms with E-state index in [1.165, 1.54) is 6.07 Å². The van der Waals surface area contributed by atoms with Crippen LogP contribution in [0.15, 0.2) is 46.8 Å². The monoisotopic (exact) mass is 429 g/mol. The number of hydrogen-bond donors (Lipinski definition) is 2. The van der Waals surface area contributed by atoms with Crippen molar-refractivity contribution in [1.82, 2.24) is 10.6 Å². The minimum Gasteiger partial charge on any atom is -0.462 e. The first kappa shape index (κ1) is 24.1. The number of ether oxygens (including phenoxy) is 1. The summed E-state index contributed by atoms with van der Waals surface area (Å²) in [6, 6.07) is 6.05. The summed E-state index contributed by atoms with van der Waals surface area (Å²) >= 11 is 0. The van der Waals surface area contributed by atoms with Gasteiger partial charge in [-0.2, -0.15) is 0 Å². The third-order valence-corrected chi connectivity index (χ3v) is 5.07. The number of hydrogen-bond acceptors (Lipinski definition) is 6.